The number of ether oxygens (including phenoxy) is 1. The highest BCUT2D eigenvalue weighted by molar-refractivity contribution is 7.20. The number of carbonyl (C=O) groups is 2. The predicted molar refractivity (Wildman–Crippen MR) is 111 cm³/mol. The van der Waals surface area contributed by atoms with Gasteiger partial charge in [0.2, 0.25) is 0 Å². The van der Waals surface area contributed by atoms with Crippen molar-refractivity contribution in [2.24, 2.45) is 5.92 Å². The van der Waals surface area contributed by atoms with Gasteiger partial charge in [-0.3, -0.25) is 9.48 Å². The van der Waals surface area contributed by atoms with Crippen LogP contribution >= 0.6 is 11.3 Å². The van der Waals surface area contributed by atoms with Crippen LogP contribution in [0.3, 0.4) is 0 Å². The summed E-state index contributed by atoms with van der Waals surface area (Å²) in [7, 11) is 0. The van der Waals surface area contributed by atoms with Gasteiger partial charge in [-0.2, -0.15) is 5.10 Å². The van der Waals surface area contributed by atoms with Gasteiger partial charge in [-0.1, -0.05) is 26.0 Å². The van der Waals surface area contributed by atoms with Crippen LogP contribution in [0.25, 0.3) is 10.2 Å². The highest BCUT2D eigenvalue weighted by atomic mass is 32.1. The van der Waals surface area contributed by atoms with Crippen LogP contribution < -0.4 is 5.32 Å². The van der Waals surface area contributed by atoms with Gasteiger partial charge in [0.05, 0.1) is 12.2 Å². The van der Waals surface area contributed by atoms with E-state index in [1.165, 1.54) is 23.5 Å². The van der Waals surface area contributed by atoms with Crippen LogP contribution in [0.2, 0.25) is 0 Å². The molecule has 0 aliphatic heterocycles. The van der Waals surface area contributed by atoms with E-state index in [2.05, 4.69) is 24.3 Å². The predicted octanol–water partition coefficient (Wildman–Crippen LogP) is 3.91. The van der Waals surface area contributed by atoms with Crippen LogP contribution in [0.4, 0.5) is 4.39 Å². The summed E-state index contributed by atoms with van der Waals surface area (Å²) < 4.78 is 20.0. The Kier molecular flexibility index (Phi) is 6.64. The van der Waals surface area contributed by atoms with Crippen molar-refractivity contribution in [1.82, 2.24) is 15.1 Å². The number of hydrogen-bond donors (Lipinski definition) is 1. The molecule has 1 aromatic carbocycles. The van der Waals surface area contributed by atoms with Crippen molar-refractivity contribution in [1.29, 1.82) is 0 Å². The number of esters is 1. The number of aryl methyl sites for hydroxylation is 1. The number of amides is 1. The van der Waals surface area contributed by atoms with Gasteiger partial charge in [0.15, 0.2) is 6.61 Å². The number of carbonyl (C=O) groups excluding carboxylic acids is 2. The first-order valence-corrected chi connectivity index (χ1v) is 10.3. The lowest BCUT2D eigenvalue weighted by Gasteiger charge is -2.07. The van der Waals surface area contributed by atoms with Crippen molar-refractivity contribution in [3.63, 3.8) is 0 Å². The third-order valence-corrected chi connectivity index (χ3v) is 5.56. The summed E-state index contributed by atoms with van der Waals surface area (Å²) in [6.07, 6.45) is 0.875. The fourth-order valence-electron chi connectivity index (χ4n) is 2.84. The van der Waals surface area contributed by atoms with Crippen molar-refractivity contribution >= 4 is 33.4 Å². The zero-order valence-electron chi connectivity index (χ0n) is 16.7. The second kappa shape index (κ2) is 9.17. The molecular weight excluding hydrogens is 393 g/mol. The van der Waals surface area contributed by atoms with Gasteiger partial charge in [-0.25, -0.2) is 9.18 Å². The lowest BCUT2D eigenvalue weighted by Crippen LogP contribution is -2.30. The highest BCUT2D eigenvalue weighted by Crippen LogP contribution is 2.29. The zero-order valence-corrected chi connectivity index (χ0v) is 17.5. The monoisotopic (exact) mass is 417 g/mol. The molecule has 0 bridgehead atoms. The number of nitrogens with one attached hydrogen (secondary N) is 1. The van der Waals surface area contributed by atoms with Crippen molar-refractivity contribution in [3.8, 4) is 0 Å². The molecule has 0 aliphatic carbocycles. The fraction of sp³-hybridized carbons (Fsp3) is 0.381. The van der Waals surface area contributed by atoms with Crippen LogP contribution in [0, 0.1) is 18.7 Å². The number of nitrogens with zero attached hydrogens (tertiary/aromatic N) is 2. The normalized spacial score (nSPS) is 11.2. The van der Waals surface area contributed by atoms with Gasteiger partial charge in [0.1, 0.15) is 15.5 Å². The largest absolute Gasteiger partial charge is 0.451 e. The fourth-order valence-corrected chi connectivity index (χ4v) is 3.89. The molecule has 8 heteroatoms. The molecular formula is C21H24FN3O3S. The highest BCUT2D eigenvalue weighted by Gasteiger charge is 2.18. The number of benzene rings is 1. The summed E-state index contributed by atoms with van der Waals surface area (Å²) in [5.74, 6) is -0.629. The molecule has 0 spiro atoms. The minimum atomic E-state index is -0.530. The van der Waals surface area contributed by atoms with E-state index in [0.29, 0.717) is 23.9 Å². The molecule has 29 heavy (non-hydrogen) atoms. The average molecular weight is 418 g/mol. The van der Waals surface area contributed by atoms with Crippen LogP contribution in [-0.2, 0) is 16.1 Å². The van der Waals surface area contributed by atoms with E-state index in [4.69, 9.17) is 4.74 Å². The number of rotatable bonds is 8. The second-order valence-electron chi connectivity index (χ2n) is 7.31. The third kappa shape index (κ3) is 5.41. The summed E-state index contributed by atoms with van der Waals surface area (Å²) >= 11 is 1.27. The van der Waals surface area contributed by atoms with Gasteiger partial charge in [0, 0.05) is 11.9 Å². The molecule has 6 nitrogen and oxygen atoms in total. The Morgan fingerprint density at radius 2 is 2.00 bits per heavy atom. The average Bonchev–Trinajstić information content (AvgIpc) is 3.23. The maximum atomic E-state index is 13.1. The van der Waals surface area contributed by atoms with E-state index < -0.39 is 5.97 Å². The van der Waals surface area contributed by atoms with E-state index in [1.54, 1.807) is 22.9 Å². The van der Waals surface area contributed by atoms with Crippen molar-refractivity contribution in [2.45, 2.75) is 33.7 Å². The van der Waals surface area contributed by atoms with Gasteiger partial charge in [-0.05, 0) is 43.0 Å². The summed E-state index contributed by atoms with van der Waals surface area (Å²) in [6.45, 7) is 6.76. The Bertz CT molecular complexity index is 1010. The zero-order chi connectivity index (χ0) is 21.0. The smallest absolute Gasteiger partial charge is 0.348 e. The molecule has 2 heterocycles. The Balaban J connectivity index is 1.65. The molecule has 1 N–H and O–H groups in total. The first-order valence-electron chi connectivity index (χ1n) is 9.48. The Hall–Kier alpha value is -2.74. The Morgan fingerprint density at radius 3 is 2.69 bits per heavy atom. The van der Waals surface area contributed by atoms with Crippen molar-refractivity contribution in [3.05, 3.63) is 52.3 Å². The second-order valence-corrected chi connectivity index (χ2v) is 8.34. The molecule has 3 aromatic rings. The van der Waals surface area contributed by atoms with Gasteiger partial charge in [0.25, 0.3) is 5.91 Å². The van der Waals surface area contributed by atoms with Gasteiger partial charge < -0.3 is 10.1 Å². The minimum Gasteiger partial charge on any atom is -0.451 e. The number of halogens is 1. The topological polar surface area (TPSA) is 73.2 Å². The van der Waals surface area contributed by atoms with Crippen LogP contribution in [0.5, 0.6) is 0 Å². The van der Waals surface area contributed by atoms with Gasteiger partial charge in [-0.15, -0.1) is 11.3 Å². The first kappa shape index (κ1) is 21.0. The van der Waals surface area contributed by atoms with Crippen molar-refractivity contribution < 1.29 is 18.7 Å². The van der Waals surface area contributed by atoms with E-state index in [9.17, 15) is 14.0 Å². The third-order valence-electron chi connectivity index (χ3n) is 4.43. The Labute approximate surface area is 172 Å². The number of hydrogen-bond acceptors (Lipinski definition) is 5. The van der Waals surface area contributed by atoms with E-state index >= 15 is 0 Å². The molecule has 1 amide bonds. The molecule has 0 saturated heterocycles. The van der Waals surface area contributed by atoms with Crippen LogP contribution in [0.1, 0.15) is 41.2 Å². The molecule has 0 fully saturated rings. The summed E-state index contributed by atoms with van der Waals surface area (Å²) in [5.41, 5.74) is 1.70. The molecule has 0 unspecified atom stereocenters. The van der Waals surface area contributed by atoms with Crippen LogP contribution in [0.15, 0.2) is 30.3 Å². The minimum absolute atomic E-state index is 0.287. The van der Waals surface area contributed by atoms with Crippen molar-refractivity contribution in [2.75, 3.05) is 13.2 Å². The van der Waals surface area contributed by atoms with E-state index in [-0.39, 0.29) is 18.3 Å². The quantitative estimate of drug-likeness (QED) is 0.564. The number of thiophene rings is 1. The van der Waals surface area contributed by atoms with Gasteiger partial charge >= 0.3 is 5.97 Å². The first-order chi connectivity index (χ1) is 13.8. The lowest BCUT2D eigenvalue weighted by molar-refractivity contribution is -0.124. The van der Waals surface area contributed by atoms with Crippen LogP contribution in [-0.4, -0.2) is 34.8 Å². The van der Waals surface area contributed by atoms with E-state index in [0.717, 1.165) is 27.9 Å². The standard InChI is InChI=1S/C21H24FN3O3S/c1-13(2)8-9-23-19(26)12-28-21(27)18-10-17-14(3)24-25(20(17)29-18)11-15-4-6-16(22)7-5-15/h4-7,10,13H,8-9,11-12H2,1-3H3,(H,23,26). The van der Waals surface area contributed by atoms with E-state index in [1.807, 2.05) is 6.92 Å². The molecule has 0 saturated carbocycles. The molecule has 2 aromatic heterocycles. The number of fused-ring (bicyclic) bond motifs is 1. The maximum absolute atomic E-state index is 13.1. The summed E-state index contributed by atoms with van der Waals surface area (Å²) in [5, 5.41) is 8.11. The molecule has 0 aliphatic rings. The molecule has 3 rings (SSSR count). The molecule has 0 radical (unpaired) electrons. The maximum Gasteiger partial charge on any atom is 0.348 e. The summed E-state index contributed by atoms with van der Waals surface area (Å²) in [4.78, 5) is 25.4. The lowest BCUT2D eigenvalue weighted by atomic mass is 10.1. The Morgan fingerprint density at radius 1 is 1.28 bits per heavy atom. The molecule has 154 valence electrons. The SMILES string of the molecule is Cc1nn(Cc2ccc(F)cc2)c2sc(C(=O)OCC(=O)NCCC(C)C)cc12. The summed E-state index contributed by atoms with van der Waals surface area (Å²) in [6, 6.07) is 7.97. The number of aromatic nitrogens is 2. The molecule has 0 atom stereocenters.